The van der Waals surface area contributed by atoms with E-state index in [0.717, 1.165) is 21.4 Å². The summed E-state index contributed by atoms with van der Waals surface area (Å²) in [6.07, 6.45) is 5.60. The number of nitrogens with one attached hydrogen (secondary N) is 2. The fourth-order valence-corrected chi connectivity index (χ4v) is 2.33. The molecule has 0 saturated heterocycles. The van der Waals surface area contributed by atoms with Gasteiger partial charge < -0.3 is 14.7 Å². The van der Waals surface area contributed by atoms with Crippen LogP contribution in [0.4, 0.5) is 0 Å². The standard InChI is InChI=1S/C14H13BrN4O/c1-9-2-3-19-8-11(18-13(19)4-9)7-17-14(20)12-5-10(15)6-16-12/h2-6,8,16H,7H2,1H3,(H,17,20). The maximum absolute atomic E-state index is 11.9. The predicted molar refractivity (Wildman–Crippen MR) is 79.6 cm³/mol. The van der Waals surface area contributed by atoms with Crippen molar-refractivity contribution >= 4 is 27.5 Å². The number of aromatic amines is 1. The lowest BCUT2D eigenvalue weighted by atomic mass is 10.3. The van der Waals surface area contributed by atoms with Crippen LogP contribution < -0.4 is 5.32 Å². The van der Waals surface area contributed by atoms with Crippen LogP contribution in [0.1, 0.15) is 21.7 Å². The molecule has 0 bridgehead atoms. The Morgan fingerprint density at radius 2 is 2.35 bits per heavy atom. The van der Waals surface area contributed by atoms with Crippen molar-refractivity contribution in [1.82, 2.24) is 19.7 Å². The number of H-pyrrole nitrogens is 1. The van der Waals surface area contributed by atoms with E-state index in [-0.39, 0.29) is 5.91 Å². The molecular formula is C14H13BrN4O. The van der Waals surface area contributed by atoms with Crippen LogP contribution in [0.3, 0.4) is 0 Å². The molecule has 5 nitrogen and oxygen atoms in total. The monoisotopic (exact) mass is 332 g/mol. The van der Waals surface area contributed by atoms with Crippen molar-refractivity contribution in [2.24, 2.45) is 0 Å². The van der Waals surface area contributed by atoms with Crippen molar-refractivity contribution in [3.8, 4) is 0 Å². The number of hydrogen-bond acceptors (Lipinski definition) is 2. The largest absolute Gasteiger partial charge is 0.356 e. The average molecular weight is 333 g/mol. The molecule has 0 spiro atoms. The van der Waals surface area contributed by atoms with Crippen LogP contribution in [0.15, 0.2) is 41.3 Å². The molecule has 3 aromatic heterocycles. The second-order valence-electron chi connectivity index (χ2n) is 4.62. The lowest BCUT2D eigenvalue weighted by Crippen LogP contribution is -2.23. The number of carbonyl (C=O) groups excluding carboxylic acids is 1. The van der Waals surface area contributed by atoms with E-state index in [4.69, 9.17) is 0 Å². The summed E-state index contributed by atoms with van der Waals surface area (Å²) < 4.78 is 2.80. The third-order valence-electron chi connectivity index (χ3n) is 2.99. The first-order valence-electron chi connectivity index (χ1n) is 6.18. The molecule has 3 rings (SSSR count). The number of aryl methyl sites for hydroxylation is 1. The number of pyridine rings is 1. The van der Waals surface area contributed by atoms with Crippen LogP contribution in [0.25, 0.3) is 5.65 Å². The third kappa shape index (κ3) is 2.60. The Bertz CT molecular complexity index is 774. The molecule has 0 aromatic carbocycles. The molecule has 0 aliphatic heterocycles. The Morgan fingerprint density at radius 1 is 1.50 bits per heavy atom. The number of fused-ring (bicyclic) bond motifs is 1. The van der Waals surface area contributed by atoms with Gasteiger partial charge in [0.15, 0.2) is 0 Å². The summed E-state index contributed by atoms with van der Waals surface area (Å²) in [4.78, 5) is 19.3. The van der Waals surface area contributed by atoms with Gasteiger partial charge in [-0.05, 0) is 46.6 Å². The molecule has 2 N–H and O–H groups in total. The van der Waals surface area contributed by atoms with Gasteiger partial charge in [0, 0.05) is 23.1 Å². The van der Waals surface area contributed by atoms with Crippen molar-refractivity contribution in [3.05, 3.63) is 58.2 Å². The van der Waals surface area contributed by atoms with Gasteiger partial charge in [0.1, 0.15) is 11.3 Å². The summed E-state index contributed by atoms with van der Waals surface area (Å²) in [7, 11) is 0. The average Bonchev–Trinajstić information content (AvgIpc) is 3.01. The Balaban J connectivity index is 1.72. The molecule has 1 amide bonds. The minimum absolute atomic E-state index is 0.149. The number of carbonyl (C=O) groups is 1. The maximum atomic E-state index is 11.9. The first-order valence-corrected chi connectivity index (χ1v) is 6.97. The van der Waals surface area contributed by atoms with E-state index < -0.39 is 0 Å². The molecule has 102 valence electrons. The van der Waals surface area contributed by atoms with Crippen LogP contribution in [-0.2, 0) is 6.54 Å². The number of aromatic nitrogens is 3. The lowest BCUT2D eigenvalue weighted by molar-refractivity contribution is 0.0946. The van der Waals surface area contributed by atoms with Crippen molar-refractivity contribution in [2.75, 3.05) is 0 Å². The zero-order valence-corrected chi connectivity index (χ0v) is 12.4. The van der Waals surface area contributed by atoms with E-state index in [1.165, 1.54) is 0 Å². The molecule has 0 atom stereocenters. The molecule has 0 aliphatic carbocycles. The highest BCUT2D eigenvalue weighted by atomic mass is 79.9. The van der Waals surface area contributed by atoms with Gasteiger partial charge in [-0.25, -0.2) is 4.98 Å². The van der Waals surface area contributed by atoms with Crippen molar-refractivity contribution in [3.63, 3.8) is 0 Å². The summed E-state index contributed by atoms with van der Waals surface area (Å²) in [6, 6.07) is 5.77. The first kappa shape index (κ1) is 12.9. The highest BCUT2D eigenvalue weighted by Gasteiger charge is 2.08. The molecule has 20 heavy (non-hydrogen) atoms. The fraction of sp³-hybridized carbons (Fsp3) is 0.143. The summed E-state index contributed by atoms with van der Waals surface area (Å²) in [5.41, 5.74) is 3.40. The molecule has 0 fully saturated rings. The lowest BCUT2D eigenvalue weighted by Gasteiger charge is -2.00. The molecular weight excluding hydrogens is 320 g/mol. The van der Waals surface area contributed by atoms with Crippen molar-refractivity contribution < 1.29 is 4.79 Å². The molecule has 3 aromatic rings. The number of nitrogens with zero attached hydrogens (tertiary/aromatic N) is 2. The SMILES string of the molecule is Cc1ccn2cc(CNC(=O)c3cc(Br)c[nH]3)nc2c1. The Kier molecular flexibility index (Phi) is 3.31. The van der Waals surface area contributed by atoms with E-state index in [2.05, 4.69) is 31.2 Å². The smallest absolute Gasteiger partial charge is 0.268 e. The Labute approximate surface area is 124 Å². The number of amides is 1. The van der Waals surface area contributed by atoms with E-state index in [9.17, 15) is 4.79 Å². The molecule has 0 unspecified atom stereocenters. The number of halogens is 1. The van der Waals surface area contributed by atoms with Gasteiger partial charge >= 0.3 is 0 Å². The van der Waals surface area contributed by atoms with Crippen LogP contribution >= 0.6 is 15.9 Å². The van der Waals surface area contributed by atoms with Crippen LogP contribution in [0.5, 0.6) is 0 Å². The molecule has 0 aliphatic rings. The zero-order chi connectivity index (χ0) is 14.1. The quantitative estimate of drug-likeness (QED) is 0.774. The number of imidazole rings is 1. The molecule has 3 heterocycles. The van der Waals surface area contributed by atoms with Gasteiger partial charge in [0.05, 0.1) is 12.2 Å². The molecule has 6 heteroatoms. The third-order valence-corrected chi connectivity index (χ3v) is 3.45. The van der Waals surface area contributed by atoms with Gasteiger partial charge in [0.25, 0.3) is 5.91 Å². The summed E-state index contributed by atoms with van der Waals surface area (Å²) in [5, 5.41) is 2.84. The second kappa shape index (κ2) is 5.13. The highest BCUT2D eigenvalue weighted by molar-refractivity contribution is 9.10. The van der Waals surface area contributed by atoms with Gasteiger partial charge in [-0.3, -0.25) is 4.79 Å². The normalized spacial score (nSPS) is 10.9. The zero-order valence-electron chi connectivity index (χ0n) is 10.9. The van der Waals surface area contributed by atoms with E-state index in [1.807, 2.05) is 35.9 Å². The summed E-state index contributed by atoms with van der Waals surface area (Å²) in [5.74, 6) is -0.149. The number of rotatable bonds is 3. The van der Waals surface area contributed by atoms with Gasteiger partial charge in [-0.2, -0.15) is 0 Å². The number of hydrogen-bond donors (Lipinski definition) is 2. The van der Waals surface area contributed by atoms with Gasteiger partial charge in [-0.15, -0.1) is 0 Å². The highest BCUT2D eigenvalue weighted by Crippen LogP contribution is 2.11. The second-order valence-corrected chi connectivity index (χ2v) is 5.53. The Morgan fingerprint density at radius 3 is 3.10 bits per heavy atom. The van der Waals surface area contributed by atoms with E-state index in [0.29, 0.717) is 12.2 Å². The summed E-state index contributed by atoms with van der Waals surface area (Å²) >= 11 is 3.30. The molecule has 0 saturated carbocycles. The van der Waals surface area contributed by atoms with Gasteiger partial charge in [0.2, 0.25) is 0 Å². The Hall–Kier alpha value is -2.08. The van der Waals surface area contributed by atoms with Crippen LogP contribution in [-0.4, -0.2) is 20.3 Å². The topological polar surface area (TPSA) is 62.2 Å². The van der Waals surface area contributed by atoms with Crippen molar-refractivity contribution in [2.45, 2.75) is 13.5 Å². The summed E-state index contributed by atoms with van der Waals surface area (Å²) in [6.45, 7) is 2.43. The maximum Gasteiger partial charge on any atom is 0.268 e. The predicted octanol–water partition coefficient (Wildman–Crippen LogP) is 2.66. The first-order chi connectivity index (χ1) is 9.61. The van der Waals surface area contributed by atoms with Gasteiger partial charge in [-0.1, -0.05) is 0 Å². The van der Waals surface area contributed by atoms with Crippen molar-refractivity contribution in [1.29, 1.82) is 0 Å². The fourth-order valence-electron chi connectivity index (χ4n) is 1.99. The van der Waals surface area contributed by atoms with E-state index in [1.54, 1.807) is 12.3 Å². The minimum Gasteiger partial charge on any atom is -0.356 e. The minimum atomic E-state index is -0.149. The van der Waals surface area contributed by atoms with Crippen LogP contribution in [0, 0.1) is 6.92 Å². The van der Waals surface area contributed by atoms with E-state index >= 15 is 0 Å². The molecule has 0 radical (unpaired) electrons. The van der Waals surface area contributed by atoms with Crippen LogP contribution in [0.2, 0.25) is 0 Å².